The normalized spacial score (nSPS) is 13.3. The zero-order valence-corrected chi connectivity index (χ0v) is 17.4. The van der Waals surface area contributed by atoms with Crippen LogP contribution in [0.2, 0.25) is 0 Å². The fraction of sp³-hybridized carbons (Fsp3) is 0.261. The quantitative estimate of drug-likeness (QED) is 0.309. The third-order valence-electron chi connectivity index (χ3n) is 4.87. The molecule has 2 heterocycles. The summed E-state index contributed by atoms with van der Waals surface area (Å²) in [6, 6.07) is 15.5. The minimum Gasteiger partial charge on any atom is -0.492 e. The molecule has 0 atom stereocenters. The summed E-state index contributed by atoms with van der Waals surface area (Å²) in [4.78, 5) is 20.2. The summed E-state index contributed by atoms with van der Waals surface area (Å²) >= 11 is 0. The van der Waals surface area contributed by atoms with E-state index in [-0.39, 0.29) is 5.91 Å². The molecule has 2 aromatic carbocycles. The zero-order chi connectivity index (χ0) is 21.5. The molecule has 0 bridgehead atoms. The molecule has 0 radical (unpaired) electrons. The van der Waals surface area contributed by atoms with Crippen LogP contribution in [0.1, 0.15) is 17.7 Å². The number of rotatable bonds is 7. The molecular formula is C23H25N5O3. The maximum atomic E-state index is 11.4. The Bertz CT molecular complexity index is 1060. The van der Waals surface area contributed by atoms with Gasteiger partial charge in [0.05, 0.1) is 18.8 Å². The highest BCUT2D eigenvalue weighted by Gasteiger charge is 2.15. The number of hydrogen-bond acceptors (Lipinski definition) is 5. The first kappa shape index (κ1) is 20.5. The summed E-state index contributed by atoms with van der Waals surface area (Å²) in [5, 5.41) is 9.30. The van der Waals surface area contributed by atoms with E-state index in [0.717, 1.165) is 34.7 Å². The number of benzene rings is 2. The van der Waals surface area contributed by atoms with E-state index in [0.29, 0.717) is 38.0 Å². The van der Waals surface area contributed by atoms with Gasteiger partial charge in [-0.05, 0) is 42.3 Å². The van der Waals surface area contributed by atoms with Gasteiger partial charge in [0.15, 0.2) is 5.96 Å². The van der Waals surface area contributed by atoms with Crippen molar-refractivity contribution in [3.63, 3.8) is 0 Å². The van der Waals surface area contributed by atoms with Crippen LogP contribution in [0.25, 0.3) is 11.5 Å². The van der Waals surface area contributed by atoms with Crippen LogP contribution in [0.4, 0.5) is 5.69 Å². The smallest absolute Gasteiger partial charge is 0.226 e. The number of guanidine groups is 1. The molecule has 160 valence electrons. The minimum absolute atomic E-state index is 0.0613. The summed E-state index contributed by atoms with van der Waals surface area (Å²) in [5.41, 5.74) is 3.71. The monoisotopic (exact) mass is 419 g/mol. The number of aromatic nitrogens is 1. The van der Waals surface area contributed by atoms with E-state index >= 15 is 0 Å². The number of fused-ring (bicyclic) bond motifs is 1. The predicted molar refractivity (Wildman–Crippen MR) is 119 cm³/mol. The number of aliphatic imine (C=N–C) groups is 1. The second-order valence-electron chi connectivity index (χ2n) is 7.08. The molecule has 31 heavy (non-hydrogen) atoms. The highest BCUT2D eigenvalue weighted by Crippen LogP contribution is 2.26. The lowest BCUT2D eigenvalue weighted by atomic mass is 10.0. The Morgan fingerprint density at radius 2 is 2.06 bits per heavy atom. The van der Waals surface area contributed by atoms with E-state index in [1.165, 1.54) is 0 Å². The van der Waals surface area contributed by atoms with Crippen molar-refractivity contribution in [1.29, 1.82) is 0 Å². The summed E-state index contributed by atoms with van der Waals surface area (Å²) in [7, 11) is 1.71. The Hall–Kier alpha value is -3.81. The number of amides is 1. The van der Waals surface area contributed by atoms with E-state index in [2.05, 4.69) is 25.9 Å². The molecule has 1 aliphatic heterocycles. The van der Waals surface area contributed by atoms with Gasteiger partial charge in [0.1, 0.15) is 18.6 Å². The second kappa shape index (κ2) is 9.80. The molecule has 8 nitrogen and oxygen atoms in total. The Balaban J connectivity index is 1.21. The van der Waals surface area contributed by atoms with Gasteiger partial charge in [0, 0.05) is 24.7 Å². The number of nitrogens with zero attached hydrogens (tertiary/aromatic N) is 2. The van der Waals surface area contributed by atoms with E-state index in [9.17, 15) is 4.79 Å². The molecule has 0 saturated carbocycles. The highest BCUT2D eigenvalue weighted by molar-refractivity contribution is 5.94. The topological polar surface area (TPSA) is 101 Å². The Labute approximate surface area is 180 Å². The molecule has 1 aliphatic rings. The SMILES string of the molecule is CN=C(NCCOc1ccc2c(c1)CCC(=O)N2)NCc1coc(-c2ccccc2)n1. The first-order chi connectivity index (χ1) is 15.2. The molecule has 0 spiro atoms. The van der Waals surface area contributed by atoms with Gasteiger partial charge in [-0.3, -0.25) is 9.79 Å². The third-order valence-corrected chi connectivity index (χ3v) is 4.87. The van der Waals surface area contributed by atoms with Crippen LogP contribution in [0.15, 0.2) is 64.2 Å². The summed E-state index contributed by atoms with van der Waals surface area (Å²) < 4.78 is 11.4. The van der Waals surface area contributed by atoms with Gasteiger partial charge in [0.25, 0.3) is 0 Å². The number of aryl methyl sites for hydroxylation is 1. The third kappa shape index (κ3) is 5.42. The number of carbonyl (C=O) groups is 1. The van der Waals surface area contributed by atoms with Gasteiger partial charge < -0.3 is 25.1 Å². The van der Waals surface area contributed by atoms with Crippen molar-refractivity contribution < 1.29 is 13.9 Å². The molecule has 1 aromatic heterocycles. The molecule has 8 heteroatoms. The summed E-state index contributed by atoms with van der Waals surface area (Å²) in [5.74, 6) is 2.10. The largest absolute Gasteiger partial charge is 0.492 e. The van der Waals surface area contributed by atoms with Crippen molar-refractivity contribution >= 4 is 17.6 Å². The molecule has 4 rings (SSSR count). The van der Waals surface area contributed by atoms with Gasteiger partial charge in [-0.15, -0.1) is 0 Å². The van der Waals surface area contributed by atoms with Crippen LogP contribution >= 0.6 is 0 Å². The average Bonchev–Trinajstić information content (AvgIpc) is 3.28. The Morgan fingerprint density at radius 1 is 1.19 bits per heavy atom. The molecule has 3 aromatic rings. The number of oxazole rings is 1. The van der Waals surface area contributed by atoms with Crippen molar-refractivity contribution in [2.45, 2.75) is 19.4 Å². The van der Waals surface area contributed by atoms with Crippen LogP contribution in [-0.4, -0.2) is 37.1 Å². The Kier molecular flexibility index (Phi) is 6.47. The maximum Gasteiger partial charge on any atom is 0.226 e. The molecule has 0 fully saturated rings. The maximum absolute atomic E-state index is 11.4. The van der Waals surface area contributed by atoms with Gasteiger partial charge >= 0.3 is 0 Å². The molecule has 0 saturated heterocycles. The average molecular weight is 419 g/mol. The molecule has 0 unspecified atom stereocenters. The van der Waals surface area contributed by atoms with E-state index in [1.54, 1.807) is 13.3 Å². The van der Waals surface area contributed by atoms with Crippen LogP contribution in [0.3, 0.4) is 0 Å². The van der Waals surface area contributed by atoms with Crippen molar-refractivity contribution in [3.8, 4) is 17.2 Å². The highest BCUT2D eigenvalue weighted by atomic mass is 16.5. The number of carbonyl (C=O) groups excluding carboxylic acids is 1. The van der Waals surface area contributed by atoms with Gasteiger partial charge in [0.2, 0.25) is 11.8 Å². The van der Waals surface area contributed by atoms with Crippen LogP contribution in [0, 0.1) is 0 Å². The molecule has 0 aliphatic carbocycles. The van der Waals surface area contributed by atoms with E-state index in [4.69, 9.17) is 9.15 Å². The van der Waals surface area contributed by atoms with Crippen LogP contribution < -0.4 is 20.7 Å². The standard InChI is InChI=1S/C23H25N5O3/c1-24-23(26-14-18-15-31-22(27-18)16-5-3-2-4-6-16)25-11-12-30-19-8-9-20-17(13-19)7-10-21(29)28-20/h2-6,8-9,13,15H,7,10-12,14H2,1H3,(H,28,29)(H2,24,25,26). The van der Waals surface area contributed by atoms with Crippen LogP contribution in [0.5, 0.6) is 5.75 Å². The van der Waals surface area contributed by atoms with E-state index in [1.807, 2.05) is 48.5 Å². The van der Waals surface area contributed by atoms with Crippen molar-refractivity contribution in [2.24, 2.45) is 4.99 Å². The first-order valence-corrected chi connectivity index (χ1v) is 10.2. The number of anilines is 1. The number of nitrogens with one attached hydrogen (secondary N) is 3. The van der Waals surface area contributed by atoms with Crippen molar-refractivity contribution in [2.75, 3.05) is 25.5 Å². The first-order valence-electron chi connectivity index (χ1n) is 10.2. The fourth-order valence-electron chi connectivity index (χ4n) is 3.28. The summed E-state index contributed by atoms with van der Waals surface area (Å²) in [6.45, 7) is 1.56. The van der Waals surface area contributed by atoms with Gasteiger partial charge in [-0.25, -0.2) is 4.98 Å². The molecular weight excluding hydrogens is 394 g/mol. The van der Waals surface area contributed by atoms with Gasteiger partial charge in [-0.1, -0.05) is 18.2 Å². The van der Waals surface area contributed by atoms with Gasteiger partial charge in [-0.2, -0.15) is 0 Å². The van der Waals surface area contributed by atoms with Crippen LogP contribution in [-0.2, 0) is 17.8 Å². The molecule has 3 N–H and O–H groups in total. The fourth-order valence-corrected chi connectivity index (χ4v) is 3.28. The number of hydrogen-bond donors (Lipinski definition) is 3. The van der Waals surface area contributed by atoms with Crippen molar-refractivity contribution in [3.05, 3.63) is 66.1 Å². The minimum atomic E-state index is 0.0613. The molecule has 1 amide bonds. The predicted octanol–water partition coefficient (Wildman–Crippen LogP) is 2.97. The van der Waals surface area contributed by atoms with Crippen molar-refractivity contribution in [1.82, 2.24) is 15.6 Å². The summed E-state index contributed by atoms with van der Waals surface area (Å²) in [6.07, 6.45) is 2.89. The lowest BCUT2D eigenvalue weighted by Crippen LogP contribution is -2.38. The van der Waals surface area contributed by atoms with E-state index < -0.39 is 0 Å². The lowest BCUT2D eigenvalue weighted by molar-refractivity contribution is -0.116. The Morgan fingerprint density at radius 3 is 2.90 bits per heavy atom. The second-order valence-corrected chi connectivity index (χ2v) is 7.08. The lowest BCUT2D eigenvalue weighted by Gasteiger charge is -2.18. The zero-order valence-electron chi connectivity index (χ0n) is 17.4. The number of ether oxygens (including phenoxy) is 1.